The summed E-state index contributed by atoms with van der Waals surface area (Å²) in [5.41, 5.74) is -3.78. The number of alkyl halides is 9. The molecule has 0 radical (unpaired) electrons. The Labute approximate surface area is 862 Å². The molecule has 3 aliphatic rings. The number of benzene rings is 8. The van der Waals surface area contributed by atoms with Crippen LogP contribution in [0.1, 0.15) is 112 Å². The van der Waals surface area contributed by atoms with E-state index in [2.05, 4.69) is 76.7 Å². The van der Waals surface area contributed by atoms with Gasteiger partial charge in [-0.3, -0.25) is 60.0 Å². The molecule has 12 N–H and O–H groups in total. The number of anilines is 8. The van der Waals surface area contributed by atoms with Crippen LogP contribution in [0.3, 0.4) is 0 Å². The van der Waals surface area contributed by atoms with Crippen LogP contribution in [0.4, 0.5) is 98.7 Å². The van der Waals surface area contributed by atoms with Gasteiger partial charge in [0.2, 0.25) is 0 Å². The Morgan fingerprint density at radius 1 is 0.308 bits per heavy atom. The quantitative estimate of drug-likeness (QED) is 0.0116. The summed E-state index contributed by atoms with van der Waals surface area (Å²) in [5, 5.41) is 51.6. The van der Waals surface area contributed by atoms with E-state index in [1.807, 2.05) is 4.90 Å². The molecule has 8 amide bonds. The average molecular weight is 2200 g/mol. The first-order chi connectivity index (χ1) is 68.8. The highest BCUT2D eigenvalue weighted by atomic mass is 35.5. The number of hydrogen-bond acceptors (Lipinski definition) is 20. The molecule has 146 heavy (non-hydrogen) atoms. The predicted octanol–water partition coefficient (Wildman–Crippen LogP) is 22.5. The molecule has 3 saturated heterocycles. The normalized spacial score (nSPS) is 12.2. The fraction of sp³-hybridized carbons (Fsp3) is 0.140. The number of pyridine rings is 4. The van der Waals surface area contributed by atoms with E-state index in [9.17, 15) is 91.0 Å². The van der Waals surface area contributed by atoms with Crippen molar-refractivity contribution in [2.45, 2.75) is 25.5 Å². The molecule has 3 fully saturated rings. The van der Waals surface area contributed by atoms with Crippen LogP contribution in [-0.2, 0) is 0 Å². The Bertz CT molecular complexity index is 6940. The van der Waals surface area contributed by atoms with Gasteiger partial charge in [0.25, 0.3) is 47.3 Å². The number of nitrogens with zero attached hydrogens (tertiary/aromatic N) is 8. The first-order valence-corrected chi connectivity index (χ1v) is 44.8. The van der Waals surface area contributed by atoms with Crippen molar-refractivity contribution in [1.29, 1.82) is 21.6 Å². The number of hydrogen-bond donors (Lipinski definition) is 12. The zero-order chi connectivity index (χ0) is 106. The molecule has 15 rings (SSSR count). The van der Waals surface area contributed by atoms with Crippen molar-refractivity contribution in [2.24, 2.45) is 0 Å². The molecule has 0 unspecified atom stereocenters. The molecule has 0 bridgehead atoms. The summed E-state index contributed by atoms with van der Waals surface area (Å²) >= 11 is 53.4. The molecular formula is C93H67Cl9F12N20O12. The van der Waals surface area contributed by atoms with E-state index in [1.165, 1.54) is 116 Å². The van der Waals surface area contributed by atoms with Crippen LogP contribution in [0, 0.1) is 39.1 Å². The van der Waals surface area contributed by atoms with Crippen LogP contribution < -0.4 is 61.5 Å². The second-order valence-electron chi connectivity index (χ2n) is 30.6. The third-order valence-corrected chi connectivity index (χ3v) is 22.1. The Kier molecular flexibility index (Phi) is 35.5. The van der Waals surface area contributed by atoms with Gasteiger partial charge in [-0.15, -0.1) is 39.5 Å². The number of methoxy groups -OCH3 is 1. The van der Waals surface area contributed by atoms with Crippen molar-refractivity contribution in [3.63, 3.8) is 0 Å². The minimum atomic E-state index is -5.21. The topological polar surface area (TPSA) is 429 Å². The number of halogens is 21. The lowest BCUT2D eigenvalue weighted by molar-refractivity contribution is -0.275. The highest BCUT2D eigenvalue weighted by Gasteiger charge is 2.39. The van der Waals surface area contributed by atoms with E-state index in [-0.39, 0.29) is 120 Å². The zero-order valence-electron chi connectivity index (χ0n) is 74.3. The predicted molar refractivity (Wildman–Crippen MR) is 524 cm³/mol. The first-order valence-electron chi connectivity index (χ1n) is 41.4. The van der Waals surface area contributed by atoms with Crippen LogP contribution in [0.5, 0.6) is 23.0 Å². The van der Waals surface area contributed by atoms with Crippen LogP contribution >= 0.6 is 104 Å². The molecule has 3 aliphatic heterocycles. The van der Waals surface area contributed by atoms with Gasteiger partial charge in [-0.1, -0.05) is 129 Å². The fourth-order valence-electron chi connectivity index (χ4n) is 12.9. The maximum absolute atomic E-state index is 14.9. The maximum Gasteiger partial charge on any atom is 0.573 e. The van der Waals surface area contributed by atoms with Gasteiger partial charge in [0, 0.05) is 145 Å². The highest BCUT2D eigenvalue weighted by molar-refractivity contribution is 6.37. The van der Waals surface area contributed by atoms with Crippen LogP contribution in [0.25, 0.3) is 0 Å². The number of amides is 8. The standard InChI is InChI=1S/C24H17Cl2F4N5O3.C23H18Cl3N5O3.C23H15Cl2F4N5O3.C23H17Cl2F4N5O3/c25-13-3-5-19(32-11-13)33-23(37)16-9-14(26)10-18(38-24(28,29)30)20(16)34-22(36)15-4-2-12(8-17(15)27)21(31)35-6-1-7-35;1-34-18-10-14(25)9-16(23(33)29-19-5-3-13(24)11-28-19)20(18)30-22(32)15-4-2-12(8-17(15)26)21(27)31-6-7-31;24-12-2-4-18(31-10-12)32-22(36)15-8-13(25)9-17(37-23(27,28)29)19(15)33-21(35)14-3-1-11(7-16(14)26)20(30)34-5-6-34;1-34(2)20(30)11-3-5-14(16(26)7-11)21(35)33-19-15(8-13(25)9-17(19)37-23(27,28)29)22(36)32-18-6-4-12(24)10-31-18/h2-5,8-11,31H,1,6-7H2,(H,34,36)(H,32,33,37);2-5,8-11,27H,6-7H2,1H3,(H,30,32)(H,28,29,33);1-4,7-10,30H,5-6H2,(H,33,35)(H,31,32,36);3-10,30H,1-2H3,(H,33,35)(H,31,32,36). The summed E-state index contributed by atoms with van der Waals surface area (Å²) in [6, 6.07) is 34.2. The summed E-state index contributed by atoms with van der Waals surface area (Å²) in [6.45, 7) is 4.25. The molecule has 12 aromatic rings. The summed E-state index contributed by atoms with van der Waals surface area (Å²) in [7, 11) is 4.52. The minimum absolute atomic E-state index is 0.000394. The van der Waals surface area contributed by atoms with Gasteiger partial charge >= 0.3 is 19.1 Å². The summed E-state index contributed by atoms with van der Waals surface area (Å²) in [4.78, 5) is 126. The van der Waals surface area contributed by atoms with Crippen molar-refractivity contribution < 1.29 is 110 Å². The molecular weight excluding hydrogens is 2140 g/mol. The van der Waals surface area contributed by atoms with Gasteiger partial charge in [0.15, 0.2) is 17.2 Å². The van der Waals surface area contributed by atoms with Crippen LogP contribution in [-0.4, -0.2) is 190 Å². The highest BCUT2D eigenvalue weighted by Crippen LogP contribution is 2.43. The molecule has 32 nitrogen and oxygen atoms in total. The van der Waals surface area contributed by atoms with Gasteiger partial charge in [-0.2, -0.15) is 0 Å². The molecule has 4 aromatic heterocycles. The van der Waals surface area contributed by atoms with E-state index in [0.717, 1.165) is 92.3 Å². The molecule has 53 heteroatoms. The largest absolute Gasteiger partial charge is 0.573 e. The van der Waals surface area contributed by atoms with Gasteiger partial charge in [0.05, 0.1) is 99.5 Å². The van der Waals surface area contributed by atoms with Crippen molar-refractivity contribution in [2.75, 3.05) is 103 Å². The molecule has 0 aliphatic carbocycles. The zero-order valence-corrected chi connectivity index (χ0v) is 81.1. The van der Waals surface area contributed by atoms with Gasteiger partial charge in [-0.25, -0.2) is 33.1 Å². The minimum Gasteiger partial charge on any atom is -0.494 e. The second kappa shape index (κ2) is 47.2. The average Bonchev–Trinajstić information content (AvgIpc) is 1.21. The number of amidine groups is 4. The lowest BCUT2D eigenvalue weighted by atomic mass is 10.1. The van der Waals surface area contributed by atoms with Crippen molar-refractivity contribution >= 4 is 221 Å². The summed E-state index contributed by atoms with van der Waals surface area (Å²) < 4.78 is 180. The summed E-state index contributed by atoms with van der Waals surface area (Å²) in [6.07, 6.45) is -9.66. The monoisotopic (exact) mass is 2200 g/mol. The Morgan fingerprint density at radius 3 is 0.795 bits per heavy atom. The Morgan fingerprint density at radius 2 is 0.555 bits per heavy atom. The molecule has 0 atom stereocenters. The number of aromatic nitrogens is 4. The number of likely N-dealkylation sites (tertiary alicyclic amines) is 1. The molecule has 7 heterocycles. The second-order valence-corrected chi connectivity index (χ2v) is 34.5. The Hall–Kier alpha value is -15.0. The van der Waals surface area contributed by atoms with Gasteiger partial charge in [-0.05, 0) is 128 Å². The molecule has 0 spiro atoms. The first kappa shape index (κ1) is 110. The van der Waals surface area contributed by atoms with E-state index in [1.54, 1.807) is 42.1 Å². The van der Waals surface area contributed by atoms with Crippen LogP contribution in [0.2, 0.25) is 45.2 Å². The smallest absolute Gasteiger partial charge is 0.494 e. The number of nitrogens with one attached hydrogen (secondary N) is 12. The van der Waals surface area contributed by atoms with E-state index >= 15 is 0 Å². The van der Waals surface area contributed by atoms with E-state index < -0.39 is 151 Å². The lowest BCUT2D eigenvalue weighted by Gasteiger charge is -2.33. The molecule has 8 aromatic carbocycles. The van der Waals surface area contributed by atoms with Gasteiger partial charge < -0.3 is 81.1 Å². The SMILES string of the molecule is CN(C)C(=N)c1ccc(C(=O)Nc2c(OC(F)(F)F)cc(Cl)cc2C(=O)Nc2ccc(Cl)cn2)c(F)c1.COc1cc(Cl)cc(C(=O)Nc2ccc(Cl)cn2)c1NC(=O)c1ccc(C(=N)N2CC2)cc1Cl.N=C(c1ccc(C(=O)Nc2c(OC(F)(F)F)cc(Cl)cc2C(=O)Nc2ccc(Cl)cn2)c(F)c1)N1CC1.N=C(c1ccc(C(=O)Nc2c(OC(F)(F)F)cc(Cl)cc2C(=O)Nc2ccc(Cl)cn2)c(F)c1)N1CCC1. The maximum atomic E-state index is 14.9. The van der Waals surface area contributed by atoms with Crippen molar-refractivity contribution in [3.8, 4) is 23.0 Å². The third-order valence-electron chi connectivity index (χ3n) is 20.1. The lowest BCUT2D eigenvalue weighted by Crippen LogP contribution is -2.42. The number of rotatable bonds is 24. The summed E-state index contributed by atoms with van der Waals surface area (Å²) in [5.74, 6) is -12.8. The van der Waals surface area contributed by atoms with Gasteiger partial charge in [0.1, 0.15) is 69.8 Å². The number of carbonyl (C=O) groups excluding carboxylic acids is 8. The fourth-order valence-corrected chi connectivity index (χ4v) is 14.4. The number of ether oxygens (including phenoxy) is 4. The van der Waals surface area contributed by atoms with Crippen molar-refractivity contribution in [3.05, 3.63) is 324 Å². The van der Waals surface area contributed by atoms with E-state index in [4.69, 9.17) is 131 Å². The molecule has 0 saturated carbocycles. The van der Waals surface area contributed by atoms with Crippen LogP contribution in [0.15, 0.2) is 195 Å². The number of carbonyl (C=O) groups is 8. The Balaban J connectivity index is 0.000000173. The van der Waals surface area contributed by atoms with Crippen molar-refractivity contribution in [1.82, 2.24) is 39.5 Å². The van der Waals surface area contributed by atoms with E-state index in [0.29, 0.717) is 42.6 Å². The third kappa shape index (κ3) is 29.9. The molecule has 758 valence electrons.